The van der Waals surface area contributed by atoms with Crippen LogP contribution in [0.25, 0.3) is 0 Å². The van der Waals surface area contributed by atoms with Gasteiger partial charge in [0.1, 0.15) is 6.61 Å². The molecule has 1 atom stereocenters. The number of aliphatic hydroxyl groups is 2. The van der Waals surface area contributed by atoms with Gasteiger partial charge in [0.25, 0.3) is 5.91 Å². The van der Waals surface area contributed by atoms with Gasteiger partial charge < -0.3 is 25.0 Å². The number of nitrogens with one attached hydrogen (secondary N) is 1. The summed E-state index contributed by atoms with van der Waals surface area (Å²) in [5, 5.41) is 21.7. The number of aliphatic hydroxyl groups excluding tert-OH is 1. The highest BCUT2D eigenvalue weighted by Crippen LogP contribution is 2.39. The maximum absolute atomic E-state index is 14.0. The number of benzene rings is 1. The fourth-order valence-electron chi connectivity index (χ4n) is 3.30. The summed E-state index contributed by atoms with van der Waals surface area (Å²) in [6, 6.07) is 5.27. The molecule has 1 amide bonds. The second-order valence-corrected chi connectivity index (χ2v) is 7.94. The van der Waals surface area contributed by atoms with Crippen LogP contribution in [0.2, 0.25) is 0 Å². The van der Waals surface area contributed by atoms with Crippen LogP contribution in [0, 0.1) is 13.8 Å². The maximum Gasteiger partial charge on any atom is 0.424 e. The Labute approximate surface area is 190 Å². The molecule has 3 N–H and O–H groups in total. The van der Waals surface area contributed by atoms with Gasteiger partial charge in [-0.3, -0.25) is 9.78 Å². The number of carbonyl (C=O) groups excluding carboxylic acids is 1. The van der Waals surface area contributed by atoms with E-state index in [1.54, 1.807) is 13.8 Å². The van der Waals surface area contributed by atoms with E-state index in [2.05, 4.69) is 10.3 Å². The van der Waals surface area contributed by atoms with Crippen molar-refractivity contribution in [3.05, 3.63) is 52.3 Å². The number of rotatable bonds is 9. The molecule has 0 aliphatic heterocycles. The minimum Gasteiger partial charge on any atom is -0.493 e. The van der Waals surface area contributed by atoms with Crippen molar-refractivity contribution in [2.24, 2.45) is 0 Å². The highest BCUT2D eigenvalue weighted by molar-refractivity contribution is 5.95. The Morgan fingerprint density at radius 2 is 1.85 bits per heavy atom. The zero-order chi connectivity index (χ0) is 25.0. The summed E-state index contributed by atoms with van der Waals surface area (Å²) in [5.41, 5.74) is -2.21. The van der Waals surface area contributed by atoms with Crippen LogP contribution in [0.1, 0.15) is 52.6 Å². The van der Waals surface area contributed by atoms with Gasteiger partial charge in [-0.25, -0.2) is 0 Å². The van der Waals surface area contributed by atoms with Crippen molar-refractivity contribution in [2.75, 3.05) is 26.9 Å². The molecule has 33 heavy (non-hydrogen) atoms. The maximum atomic E-state index is 14.0. The van der Waals surface area contributed by atoms with Gasteiger partial charge in [0.15, 0.2) is 11.5 Å². The average molecular weight is 470 g/mol. The molecule has 1 aromatic carbocycles. The number of pyridine rings is 1. The summed E-state index contributed by atoms with van der Waals surface area (Å²) >= 11 is 0. The van der Waals surface area contributed by atoms with Crippen LogP contribution in [0.4, 0.5) is 13.2 Å². The van der Waals surface area contributed by atoms with E-state index >= 15 is 0 Å². The molecule has 2 aromatic rings. The predicted octanol–water partition coefficient (Wildman–Crippen LogP) is 3.38. The molecular weight excluding hydrogens is 441 g/mol. The molecule has 0 aliphatic carbocycles. The number of aryl methyl sites for hydroxylation is 1. The number of hydrogen-bond acceptors (Lipinski definition) is 6. The summed E-state index contributed by atoms with van der Waals surface area (Å²) in [7, 11) is 1.34. The topological polar surface area (TPSA) is 101 Å². The molecule has 10 heteroatoms. The highest BCUT2D eigenvalue weighted by atomic mass is 19.4. The normalized spacial score (nSPS) is 13.5. The highest BCUT2D eigenvalue weighted by Gasteiger charge is 2.56. The average Bonchev–Trinajstić information content (AvgIpc) is 2.76. The number of hydrogen-bond donors (Lipinski definition) is 3. The summed E-state index contributed by atoms with van der Waals surface area (Å²) < 4.78 is 52.4. The smallest absolute Gasteiger partial charge is 0.424 e. The number of aromatic nitrogens is 1. The SMILES string of the molecule is COc1cc(C(=O)NCC(O)(c2cc(C(C)C)c(C)c(C)n2)C(F)(F)F)ccc1OCCO. The van der Waals surface area contributed by atoms with Crippen molar-refractivity contribution >= 4 is 5.91 Å². The molecular formula is C23H29F3N2O5. The molecule has 0 fully saturated rings. The molecule has 0 saturated heterocycles. The molecule has 0 spiro atoms. The summed E-state index contributed by atoms with van der Waals surface area (Å²) in [4.78, 5) is 16.6. The van der Waals surface area contributed by atoms with Gasteiger partial charge in [0.05, 0.1) is 26.0 Å². The van der Waals surface area contributed by atoms with Gasteiger partial charge in [-0.1, -0.05) is 13.8 Å². The monoisotopic (exact) mass is 470 g/mol. The molecule has 0 saturated carbocycles. The van der Waals surface area contributed by atoms with E-state index in [0.29, 0.717) is 11.3 Å². The van der Waals surface area contributed by atoms with E-state index in [4.69, 9.17) is 14.6 Å². The summed E-state index contributed by atoms with van der Waals surface area (Å²) in [6.07, 6.45) is -5.09. The minimum atomic E-state index is -5.09. The van der Waals surface area contributed by atoms with E-state index in [1.807, 2.05) is 13.8 Å². The van der Waals surface area contributed by atoms with Gasteiger partial charge in [-0.15, -0.1) is 0 Å². The first kappa shape index (κ1) is 26.4. The number of nitrogens with zero attached hydrogens (tertiary/aromatic N) is 1. The first-order valence-corrected chi connectivity index (χ1v) is 10.3. The molecule has 182 valence electrons. The van der Waals surface area contributed by atoms with Crippen LogP contribution in [-0.4, -0.2) is 54.1 Å². The molecule has 1 heterocycles. The second-order valence-electron chi connectivity index (χ2n) is 7.94. The van der Waals surface area contributed by atoms with Crippen molar-refractivity contribution < 1.29 is 37.7 Å². The molecule has 0 bridgehead atoms. The Balaban J connectivity index is 2.35. The third kappa shape index (κ3) is 5.75. The lowest BCUT2D eigenvalue weighted by atomic mass is 9.90. The Bertz CT molecular complexity index is 995. The zero-order valence-corrected chi connectivity index (χ0v) is 19.2. The largest absolute Gasteiger partial charge is 0.493 e. The van der Waals surface area contributed by atoms with Crippen molar-refractivity contribution in [1.82, 2.24) is 10.3 Å². The lowest BCUT2D eigenvalue weighted by molar-refractivity contribution is -0.265. The van der Waals surface area contributed by atoms with Crippen LogP contribution in [0.3, 0.4) is 0 Å². The number of alkyl halides is 3. The van der Waals surface area contributed by atoms with Crippen LogP contribution < -0.4 is 14.8 Å². The molecule has 7 nitrogen and oxygen atoms in total. The molecule has 1 aromatic heterocycles. The number of methoxy groups -OCH3 is 1. The van der Waals surface area contributed by atoms with E-state index in [9.17, 15) is 23.1 Å². The number of carbonyl (C=O) groups is 1. The first-order valence-electron chi connectivity index (χ1n) is 10.3. The van der Waals surface area contributed by atoms with Crippen LogP contribution in [-0.2, 0) is 5.60 Å². The quantitative estimate of drug-likeness (QED) is 0.520. The van der Waals surface area contributed by atoms with E-state index in [-0.39, 0.29) is 36.2 Å². The van der Waals surface area contributed by atoms with E-state index < -0.39 is 29.9 Å². The number of ether oxygens (including phenoxy) is 2. The van der Waals surface area contributed by atoms with Crippen molar-refractivity contribution in [1.29, 1.82) is 0 Å². The second kappa shape index (κ2) is 10.4. The van der Waals surface area contributed by atoms with Gasteiger partial charge in [-0.2, -0.15) is 13.2 Å². The van der Waals surface area contributed by atoms with Gasteiger partial charge in [0, 0.05) is 11.3 Å². The Morgan fingerprint density at radius 3 is 2.39 bits per heavy atom. The third-order valence-corrected chi connectivity index (χ3v) is 5.35. The van der Waals surface area contributed by atoms with Crippen LogP contribution >= 0.6 is 0 Å². The molecule has 1 unspecified atom stereocenters. The summed E-state index contributed by atoms with van der Waals surface area (Å²) in [6.45, 7) is 5.65. The first-order chi connectivity index (χ1) is 15.4. The van der Waals surface area contributed by atoms with Gasteiger partial charge >= 0.3 is 6.18 Å². The van der Waals surface area contributed by atoms with Crippen molar-refractivity contribution in [2.45, 2.75) is 45.4 Å². The third-order valence-electron chi connectivity index (χ3n) is 5.35. The Hall–Kier alpha value is -2.85. The number of halogens is 3. The van der Waals surface area contributed by atoms with Crippen molar-refractivity contribution in [3.8, 4) is 11.5 Å². The Morgan fingerprint density at radius 1 is 1.18 bits per heavy atom. The molecule has 0 aliphatic rings. The fourth-order valence-corrected chi connectivity index (χ4v) is 3.30. The van der Waals surface area contributed by atoms with Crippen LogP contribution in [0.5, 0.6) is 11.5 Å². The van der Waals surface area contributed by atoms with Gasteiger partial charge in [0.2, 0.25) is 5.60 Å². The summed E-state index contributed by atoms with van der Waals surface area (Å²) in [5.74, 6) is -0.510. The van der Waals surface area contributed by atoms with Crippen LogP contribution in [0.15, 0.2) is 24.3 Å². The molecule has 0 radical (unpaired) electrons. The van der Waals surface area contributed by atoms with Gasteiger partial charge in [-0.05, 0) is 55.2 Å². The molecule has 2 rings (SSSR count). The lowest BCUT2D eigenvalue weighted by Crippen LogP contribution is -2.51. The van der Waals surface area contributed by atoms with E-state index in [1.165, 1.54) is 31.4 Å². The fraction of sp³-hybridized carbons (Fsp3) is 0.478. The predicted molar refractivity (Wildman–Crippen MR) is 116 cm³/mol. The Kier molecular flexibility index (Phi) is 8.31. The zero-order valence-electron chi connectivity index (χ0n) is 19.2. The van der Waals surface area contributed by atoms with Crippen molar-refractivity contribution in [3.63, 3.8) is 0 Å². The standard InChI is InChI=1S/C23H29F3N2O5/c1-13(2)17-11-20(28-15(4)14(17)3)22(31,23(24,25)26)12-27-21(30)16-6-7-18(33-9-8-29)19(10-16)32-5/h6-7,10-11,13,29,31H,8-9,12H2,1-5H3,(H,27,30). The lowest BCUT2D eigenvalue weighted by Gasteiger charge is -2.31. The number of amides is 1. The minimum absolute atomic E-state index is 0.00184. The van der Waals surface area contributed by atoms with E-state index in [0.717, 1.165) is 5.56 Å².